The van der Waals surface area contributed by atoms with Gasteiger partial charge in [0.25, 0.3) is 0 Å². The lowest BCUT2D eigenvalue weighted by molar-refractivity contribution is 1.26. The minimum Gasteiger partial charge on any atom is -0.358 e. The highest BCUT2D eigenvalue weighted by atomic mass is 35.5. The number of aryl methyl sites for hydroxylation is 1. The molecule has 0 aliphatic carbocycles. The quantitative estimate of drug-likeness (QED) is 0.569. The van der Waals surface area contributed by atoms with Crippen molar-refractivity contribution in [1.29, 1.82) is 0 Å². The zero-order valence-electron chi connectivity index (χ0n) is 12.0. The van der Waals surface area contributed by atoms with Crippen LogP contribution in [-0.4, -0.2) is 15.0 Å². The smallest absolute Gasteiger partial charge is 0.116 e. The summed E-state index contributed by atoms with van der Waals surface area (Å²) in [6.07, 6.45) is 1.61. The lowest BCUT2D eigenvalue weighted by Crippen LogP contribution is -1.95. The highest BCUT2D eigenvalue weighted by Crippen LogP contribution is 2.31. The SMILES string of the molecule is Cc1cc(Nc2ccccc2)c2c(ccc3ncnc32)[nH]1.Cl. The molecule has 0 saturated heterocycles. The summed E-state index contributed by atoms with van der Waals surface area (Å²) in [6, 6.07) is 16.3. The van der Waals surface area contributed by atoms with Crippen molar-refractivity contribution in [3.05, 3.63) is 60.6 Å². The summed E-state index contributed by atoms with van der Waals surface area (Å²) in [4.78, 5) is 12.1. The molecule has 0 bridgehead atoms. The topological polar surface area (TPSA) is 53.6 Å². The van der Waals surface area contributed by atoms with Gasteiger partial charge in [-0.25, -0.2) is 9.97 Å². The molecular formula is C17H15ClN4. The Morgan fingerprint density at radius 3 is 2.64 bits per heavy atom. The van der Waals surface area contributed by atoms with Gasteiger partial charge in [0.15, 0.2) is 0 Å². The predicted molar refractivity (Wildman–Crippen MR) is 93.1 cm³/mol. The van der Waals surface area contributed by atoms with E-state index in [9.17, 15) is 0 Å². The van der Waals surface area contributed by atoms with Crippen molar-refractivity contribution in [3.63, 3.8) is 0 Å². The molecule has 0 spiro atoms. The molecule has 5 heteroatoms. The fourth-order valence-corrected chi connectivity index (χ4v) is 2.65. The van der Waals surface area contributed by atoms with Crippen LogP contribution in [0, 0.1) is 6.92 Å². The first-order valence-electron chi connectivity index (χ1n) is 6.86. The van der Waals surface area contributed by atoms with Gasteiger partial charge in [-0.05, 0) is 37.3 Å². The molecule has 2 heterocycles. The van der Waals surface area contributed by atoms with E-state index in [0.29, 0.717) is 0 Å². The number of nitrogens with one attached hydrogen (secondary N) is 2. The van der Waals surface area contributed by atoms with Crippen LogP contribution in [-0.2, 0) is 0 Å². The average molecular weight is 311 g/mol. The normalized spacial score (nSPS) is 10.6. The molecule has 4 rings (SSSR count). The van der Waals surface area contributed by atoms with Gasteiger partial charge in [0.05, 0.1) is 11.2 Å². The molecule has 4 nitrogen and oxygen atoms in total. The predicted octanol–water partition coefficient (Wildman–Crippen LogP) is 4.58. The largest absolute Gasteiger partial charge is 0.358 e. The summed E-state index contributed by atoms with van der Waals surface area (Å²) in [5.74, 6) is 0. The molecule has 4 aromatic rings. The number of para-hydroxylation sites is 1. The Morgan fingerprint density at radius 2 is 1.82 bits per heavy atom. The van der Waals surface area contributed by atoms with E-state index in [2.05, 4.69) is 51.5 Å². The second-order valence-corrected chi connectivity index (χ2v) is 5.09. The Bertz CT molecular complexity index is 931. The first kappa shape index (κ1) is 14.4. The lowest BCUT2D eigenvalue weighted by Gasteiger charge is -2.12. The van der Waals surface area contributed by atoms with Crippen LogP contribution < -0.4 is 5.32 Å². The number of pyridine rings is 1. The molecule has 2 aromatic heterocycles. The Morgan fingerprint density at radius 1 is 1.00 bits per heavy atom. The number of H-pyrrole nitrogens is 1. The maximum absolute atomic E-state index is 4.41. The van der Waals surface area contributed by atoms with Crippen molar-refractivity contribution in [2.45, 2.75) is 6.92 Å². The number of fused-ring (bicyclic) bond motifs is 3. The fourth-order valence-electron chi connectivity index (χ4n) is 2.65. The number of hydrogen-bond donors (Lipinski definition) is 2. The zero-order chi connectivity index (χ0) is 14.2. The van der Waals surface area contributed by atoms with E-state index in [0.717, 1.165) is 39.0 Å². The van der Waals surface area contributed by atoms with Gasteiger partial charge in [-0.15, -0.1) is 12.4 Å². The van der Waals surface area contributed by atoms with E-state index in [1.165, 1.54) is 0 Å². The van der Waals surface area contributed by atoms with Crippen LogP contribution in [0.4, 0.5) is 11.4 Å². The van der Waals surface area contributed by atoms with E-state index in [-0.39, 0.29) is 12.4 Å². The van der Waals surface area contributed by atoms with Crippen molar-refractivity contribution in [2.24, 2.45) is 0 Å². The molecule has 0 atom stereocenters. The monoisotopic (exact) mass is 310 g/mol. The third-order valence-electron chi connectivity index (χ3n) is 3.56. The lowest BCUT2D eigenvalue weighted by atomic mass is 10.1. The highest BCUT2D eigenvalue weighted by molar-refractivity contribution is 6.10. The molecular weight excluding hydrogens is 296 g/mol. The van der Waals surface area contributed by atoms with E-state index in [1.807, 2.05) is 24.3 Å². The molecule has 2 aromatic carbocycles. The van der Waals surface area contributed by atoms with Gasteiger partial charge >= 0.3 is 0 Å². The van der Waals surface area contributed by atoms with Crippen molar-refractivity contribution in [2.75, 3.05) is 5.32 Å². The zero-order valence-corrected chi connectivity index (χ0v) is 12.8. The van der Waals surface area contributed by atoms with Gasteiger partial charge in [-0.2, -0.15) is 0 Å². The molecule has 0 unspecified atom stereocenters. The number of rotatable bonds is 2. The first-order chi connectivity index (χ1) is 10.3. The van der Waals surface area contributed by atoms with Crippen LogP contribution in [0.3, 0.4) is 0 Å². The second kappa shape index (κ2) is 5.66. The molecule has 0 amide bonds. The number of hydrogen-bond acceptors (Lipinski definition) is 3. The number of aromatic nitrogens is 3. The number of benzene rings is 2. The Labute approximate surface area is 134 Å². The molecule has 22 heavy (non-hydrogen) atoms. The van der Waals surface area contributed by atoms with Crippen molar-refractivity contribution >= 4 is 45.7 Å². The summed E-state index contributed by atoms with van der Waals surface area (Å²) in [5, 5.41) is 4.55. The molecule has 0 saturated carbocycles. The third kappa shape index (κ3) is 2.38. The molecule has 0 aliphatic rings. The Hall–Kier alpha value is -2.59. The minimum atomic E-state index is 0. The van der Waals surface area contributed by atoms with Gasteiger partial charge in [0, 0.05) is 22.3 Å². The van der Waals surface area contributed by atoms with Gasteiger partial charge in [-0.3, -0.25) is 0 Å². The van der Waals surface area contributed by atoms with Gasteiger partial charge in [0.2, 0.25) is 0 Å². The van der Waals surface area contributed by atoms with E-state index in [4.69, 9.17) is 0 Å². The van der Waals surface area contributed by atoms with E-state index < -0.39 is 0 Å². The van der Waals surface area contributed by atoms with Crippen LogP contribution in [0.25, 0.3) is 21.9 Å². The molecule has 0 aliphatic heterocycles. The second-order valence-electron chi connectivity index (χ2n) is 5.09. The van der Waals surface area contributed by atoms with Crippen LogP contribution in [0.1, 0.15) is 5.69 Å². The summed E-state index contributed by atoms with van der Waals surface area (Å²) in [6.45, 7) is 2.05. The summed E-state index contributed by atoms with van der Waals surface area (Å²) in [7, 11) is 0. The van der Waals surface area contributed by atoms with Gasteiger partial charge in [-0.1, -0.05) is 18.2 Å². The number of nitrogens with zero attached hydrogens (tertiary/aromatic N) is 2. The van der Waals surface area contributed by atoms with Crippen molar-refractivity contribution in [1.82, 2.24) is 15.0 Å². The van der Waals surface area contributed by atoms with E-state index in [1.54, 1.807) is 6.33 Å². The van der Waals surface area contributed by atoms with Crippen LogP contribution in [0.5, 0.6) is 0 Å². The van der Waals surface area contributed by atoms with Crippen LogP contribution >= 0.6 is 12.4 Å². The Balaban J connectivity index is 0.00000144. The van der Waals surface area contributed by atoms with Crippen molar-refractivity contribution < 1.29 is 0 Å². The van der Waals surface area contributed by atoms with Crippen LogP contribution in [0.2, 0.25) is 0 Å². The van der Waals surface area contributed by atoms with E-state index >= 15 is 0 Å². The van der Waals surface area contributed by atoms with Crippen molar-refractivity contribution in [3.8, 4) is 0 Å². The molecule has 0 fully saturated rings. The average Bonchev–Trinajstić information content (AvgIpc) is 2.96. The Kier molecular flexibility index (Phi) is 3.69. The van der Waals surface area contributed by atoms with Crippen LogP contribution in [0.15, 0.2) is 54.9 Å². The molecule has 2 N–H and O–H groups in total. The van der Waals surface area contributed by atoms with Gasteiger partial charge < -0.3 is 10.3 Å². The van der Waals surface area contributed by atoms with Gasteiger partial charge in [0.1, 0.15) is 11.8 Å². The first-order valence-corrected chi connectivity index (χ1v) is 6.86. The fraction of sp³-hybridized carbons (Fsp3) is 0.0588. The maximum Gasteiger partial charge on any atom is 0.116 e. The summed E-state index contributed by atoms with van der Waals surface area (Å²) < 4.78 is 0. The number of halogens is 1. The standard InChI is InChI=1S/C17H14N4.ClH/c1-11-9-15(21-12-5-3-2-4-6-12)16-13(20-11)7-8-14-17(16)19-10-18-14;/h2-10,20-21H,1H3;1H. The number of imidazole rings is 1. The summed E-state index contributed by atoms with van der Waals surface area (Å²) >= 11 is 0. The number of anilines is 2. The number of aromatic amines is 1. The minimum absolute atomic E-state index is 0. The maximum atomic E-state index is 4.41. The summed E-state index contributed by atoms with van der Waals surface area (Å²) in [5.41, 5.74) is 6.08. The highest BCUT2D eigenvalue weighted by Gasteiger charge is 2.10. The third-order valence-corrected chi connectivity index (χ3v) is 3.56. The molecule has 110 valence electrons. The molecule has 0 radical (unpaired) electrons.